The number of hydrogen-bond acceptors (Lipinski definition) is 5. The number of carbonyl (C=O) groups excluding carboxylic acids is 1. The van der Waals surface area contributed by atoms with Gasteiger partial charge in [0.2, 0.25) is 5.78 Å². The minimum Gasteiger partial charge on any atom is -0.383 e. The van der Waals surface area contributed by atoms with Crippen molar-refractivity contribution < 1.29 is 9.53 Å². The Morgan fingerprint density at radius 2 is 2.17 bits per heavy atom. The molecule has 0 aliphatic rings. The van der Waals surface area contributed by atoms with Crippen molar-refractivity contribution in [1.29, 1.82) is 0 Å². The Hall–Kier alpha value is -1.70. The predicted octanol–water partition coefficient (Wildman–Crippen LogP) is 2.52. The number of nitrogens with zero attached hydrogens (tertiary/aromatic N) is 1. The van der Waals surface area contributed by atoms with Gasteiger partial charge in [0, 0.05) is 38.2 Å². The summed E-state index contributed by atoms with van der Waals surface area (Å²) in [6.07, 6.45) is 3.38. The van der Waals surface area contributed by atoms with Gasteiger partial charge in [0.05, 0.1) is 17.3 Å². The molecular formula is C16H20ClN3O3S. The second-order valence-electron chi connectivity index (χ2n) is 5.18. The first-order valence-electron chi connectivity index (χ1n) is 7.33. The molecule has 1 aromatic heterocycles. The molecule has 2 aromatic rings. The number of benzene rings is 1. The van der Waals surface area contributed by atoms with Gasteiger partial charge < -0.3 is 15.2 Å². The Kier molecular flexibility index (Phi) is 6.53. The largest absolute Gasteiger partial charge is 0.383 e. The van der Waals surface area contributed by atoms with Crippen molar-refractivity contribution in [3.63, 3.8) is 0 Å². The van der Waals surface area contributed by atoms with E-state index >= 15 is 0 Å². The fourth-order valence-electron chi connectivity index (χ4n) is 2.37. The van der Waals surface area contributed by atoms with Crippen LogP contribution in [0.4, 0.5) is 5.69 Å². The highest BCUT2D eigenvalue weighted by molar-refractivity contribution is 7.97. The standard InChI is InChI=1S/C16H20ClN3O3S/c1-20-16(22)11(8-19-20)15(21)10-4-5-13(17)14(12(10)9-24-3)18-6-7-23-2/h4-5,8,18-19H,6-7,9H2,1-3H3. The van der Waals surface area contributed by atoms with Crippen LogP contribution < -0.4 is 10.9 Å². The highest BCUT2D eigenvalue weighted by atomic mass is 35.5. The maximum atomic E-state index is 12.8. The van der Waals surface area contributed by atoms with Crippen molar-refractivity contribution in [3.05, 3.63) is 50.4 Å². The molecule has 1 aromatic carbocycles. The van der Waals surface area contributed by atoms with Gasteiger partial charge in [0.15, 0.2) is 0 Å². The lowest BCUT2D eigenvalue weighted by Gasteiger charge is -2.16. The van der Waals surface area contributed by atoms with Crippen LogP contribution in [0.5, 0.6) is 0 Å². The molecule has 0 saturated carbocycles. The molecule has 2 N–H and O–H groups in total. The molecule has 8 heteroatoms. The molecule has 0 aliphatic heterocycles. The zero-order chi connectivity index (χ0) is 17.7. The van der Waals surface area contributed by atoms with Crippen molar-refractivity contribution in [3.8, 4) is 0 Å². The molecule has 1 heterocycles. The number of aryl methyl sites for hydroxylation is 1. The molecule has 0 radical (unpaired) electrons. The van der Waals surface area contributed by atoms with Crippen LogP contribution in [0.15, 0.2) is 23.1 Å². The fraction of sp³-hybridized carbons (Fsp3) is 0.375. The number of carbonyl (C=O) groups is 1. The van der Waals surface area contributed by atoms with Gasteiger partial charge in [-0.25, -0.2) is 0 Å². The first kappa shape index (κ1) is 18.6. The normalized spacial score (nSPS) is 10.8. The zero-order valence-electron chi connectivity index (χ0n) is 13.8. The zero-order valence-corrected chi connectivity index (χ0v) is 15.4. The number of thioether (sulfide) groups is 1. The number of aromatic amines is 1. The second-order valence-corrected chi connectivity index (χ2v) is 6.45. The minimum atomic E-state index is -0.348. The molecule has 0 atom stereocenters. The lowest BCUT2D eigenvalue weighted by atomic mass is 9.99. The van der Waals surface area contributed by atoms with E-state index in [-0.39, 0.29) is 16.9 Å². The minimum absolute atomic E-state index is 0.116. The number of halogens is 1. The van der Waals surface area contributed by atoms with E-state index in [1.54, 1.807) is 38.1 Å². The van der Waals surface area contributed by atoms with Gasteiger partial charge >= 0.3 is 0 Å². The summed E-state index contributed by atoms with van der Waals surface area (Å²) < 4.78 is 6.32. The topological polar surface area (TPSA) is 76.1 Å². The van der Waals surface area contributed by atoms with Crippen molar-refractivity contribution >= 4 is 34.8 Å². The van der Waals surface area contributed by atoms with Gasteiger partial charge in [-0.05, 0) is 24.0 Å². The van der Waals surface area contributed by atoms with E-state index in [1.807, 2.05) is 6.26 Å². The molecule has 2 rings (SSSR count). The van der Waals surface area contributed by atoms with E-state index in [0.29, 0.717) is 35.2 Å². The predicted molar refractivity (Wildman–Crippen MR) is 98.5 cm³/mol. The molecular weight excluding hydrogens is 350 g/mol. The molecule has 0 fully saturated rings. The summed E-state index contributed by atoms with van der Waals surface area (Å²) in [7, 11) is 3.19. The number of ketones is 1. The van der Waals surface area contributed by atoms with E-state index in [1.165, 1.54) is 10.9 Å². The number of anilines is 1. The van der Waals surface area contributed by atoms with Crippen molar-refractivity contribution in [1.82, 2.24) is 9.78 Å². The SMILES string of the molecule is COCCNc1c(Cl)ccc(C(=O)c2c[nH]n(C)c2=O)c1CSC. The van der Waals surface area contributed by atoms with Gasteiger partial charge in [-0.1, -0.05) is 11.6 Å². The van der Waals surface area contributed by atoms with Crippen molar-refractivity contribution in [2.45, 2.75) is 5.75 Å². The third-order valence-electron chi connectivity index (χ3n) is 3.59. The van der Waals surface area contributed by atoms with E-state index in [9.17, 15) is 9.59 Å². The van der Waals surface area contributed by atoms with Gasteiger partial charge in [0.25, 0.3) is 5.56 Å². The third-order valence-corrected chi connectivity index (χ3v) is 4.48. The lowest BCUT2D eigenvalue weighted by Crippen LogP contribution is -2.20. The number of H-pyrrole nitrogens is 1. The highest BCUT2D eigenvalue weighted by Gasteiger charge is 2.21. The summed E-state index contributed by atoms with van der Waals surface area (Å²) in [6.45, 7) is 1.09. The Labute approximate surface area is 149 Å². The summed E-state index contributed by atoms with van der Waals surface area (Å²) in [5, 5.41) is 6.48. The van der Waals surface area contributed by atoms with Crippen LogP contribution in [0.2, 0.25) is 5.02 Å². The molecule has 0 unspecified atom stereocenters. The smallest absolute Gasteiger partial charge is 0.277 e. The van der Waals surface area contributed by atoms with Crippen LogP contribution in [0.3, 0.4) is 0 Å². The Morgan fingerprint density at radius 1 is 1.42 bits per heavy atom. The average Bonchev–Trinajstić information content (AvgIpc) is 2.89. The number of methoxy groups -OCH3 is 1. The van der Waals surface area contributed by atoms with Gasteiger partial charge in [-0.2, -0.15) is 11.8 Å². The van der Waals surface area contributed by atoms with Crippen LogP contribution in [0.25, 0.3) is 0 Å². The van der Waals surface area contributed by atoms with Crippen LogP contribution in [-0.4, -0.2) is 42.1 Å². The number of rotatable bonds is 8. The maximum absolute atomic E-state index is 12.8. The Balaban J connectivity index is 2.48. The third kappa shape index (κ3) is 3.85. The molecule has 6 nitrogen and oxygen atoms in total. The number of hydrogen-bond donors (Lipinski definition) is 2. The van der Waals surface area contributed by atoms with Crippen LogP contribution in [0, 0.1) is 0 Å². The van der Waals surface area contributed by atoms with E-state index < -0.39 is 0 Å². The van der Waals surface area contributed by atoms with Crippen molar-refractivity contribution in [2.75, 3.05) is 31.8 Å². The van der Waals surface area contributed by atoms with Gasteiger partial charge in [0.1, 0.15) is 5.56 Å². The lowest BCUT2D eigenvalue weighted by molar-refractivity contribution is 0.103. The highest BCUT2D eigenvalue weighted by Crippen LogP contribution is 2.32. The summed E-state index contributed by atoms with van der Waals surface area (Å²) in [6, 6.07) is 3.34. The molecule has 0 bridgehead atoms. The fourth-order valence-corrected chi connectivity index (χ4v) is 3.20. The van der Waals surface area contributed by atoms with Crippen molar-refractivity contribution in [2.24, 2.45) is 7.05 Å². The number of aromatic nitrogens is 2. The number of nitrogens with one attached hydrogen (secondary N) is 2. The summed E-state index contributed by atoms with van der Waals surface area (Å²) >= 11 is 7.89. The second kappa shape index (κ2) is 8.41. The van der Waals surface area contributed by atoms with E-state index in [0.717, 1.165) is 5.56 Å². The summed E-state index contributed by atoms with van der Waals surface area (Å²) in [5.41, 5.74) is 1.75. The van der Waals surface area contributed by atoms with Crippen LogP contribution in [-0.2, 0) is 17.5 Å². The first-order chi connectivity index (χ1) is 11.5. The van der Waals surface area contributed by atoms with Crippen LogP contribution >= 0.6 is 23.4 Å². The van der Waals surface area contributed by atoms with E-state index in [4.69, 9.17) is 16.3 Å². The quantitative estimate of drug-likeness (QED) is 0.552. The Morgan fingerprint density at radius 3 is 2.75 bits per heavy atom. The Bertz CT molecular complexity index is 785. The summed E-state index contributed by atoms with van der Waals surface area (Å²) in [4.78, 5) is 24.9. The first-order valence-corrected chi connectivity index (χ1v) is 9.10. The molecule has 0 saturated heterocycles. The summed E-state index contributed by atoms with van der Waals surface area (Å²) in [5.74, 6) is 0.286. The van der Waals surface area contributed by atoms with E-state index in [2.05, 4.69) is 10.4 Å². The maximum Gasteiger partial charge on any atom is 0.277 e. The van der Waals surface area contributed by atoms with Gasteiger partial charge in [-0.3, -0.25) is 14.3 Å². The molecule has 0 spiro atoms. The molecule has 24 heavy (non-hydrogen) atoms. The average molecular weight is 370 g/mol. The number of ether oxygens (including phenoxy) is 1. The monoisotopic (exact) mass is 369 g/mol. The molecule has 0 amide bonds. The van der Waals surface area contributed by atoms with Crippen LogP contribution in [0.1, 0.15) is 21.5 Å². The molecule has 130 valence electrons. The molecule has 0 aliphatic carbocycles. The van der Waals surface area contributed by atoms with Gasteiger partial charge in [-0.15, -0.1) is 0 Å².